The van der Waals surface area contributed by atoms with E-state index < -0.39 is 0 Å². The van der Waals surface area contributed by atoms with Gasteiger partial charge in [-0.3, -0.25) is 0 Å². The van der Waals surface area contributed by atoms with E-state index in [-0.39, 0.29) is 18.8 Å². The Balaban J connectivity index is 1.69. The Kier molecular flexibility index (Phi) is 6.19. The number of rotatable bonds is 6. The molecule has 0 aromatic heterocycles. The second-order valence-corrected chi connectivity index (χ2v) is 6.46. The van der Waals surface area contributed by atoms with Gasteiger partial charge in [0.1, 0.15) is 17.2 Å². The Morgan fingerprint density at radius 3 is 2.56 bits per heavy atom. The predicted octanol–water partition coefficient (Wildman–Crippen LogP) is 5.13. The Morgan fingerprint density at radius 1 is 1.12 bits per heavy atom. The van der Waals surface area contributed by atoms with Gasteiger partial charge in [0.15, 0.2) is 0 Å². The summed E-state index contributed by atoms with van der Waals surface area (Å²) in [5.74, 6) is 2.11. The van der Waals surface area contributed by atoms with Crippen LogP contribution in [-0.4, -0.2) is 24.4 Å². The van der Waals surface area contributed by atoms with Gasteiger partial charge in [-0.05, 0) is 68.1 Å². The summed E-state index contributed by atoms with van der Waals surface area (Å²) < 4.78 is 17.2. The number of aliphatic hydroxyl groups is 1. The normalized spacial score (nSPS) is 20.3. The summed E-state index contributed by atoms with van der Waals surface area (Å²) in [6.45, 7) is 2.64. The van der Waals surface area contributed by atoms with Crippen molar-refractivity contribution in [1.29, 1.82) is 0 Å². The molecule has 0 radical (unpaired) electrons. The molecule has 1 aliphatic rings. The molecule has 0 amide bonds. The summed E-state index contributed by atoms with van der Waals surface area (Å²) in [5.41, 5.74) is 1.02. The number of hydrogen-bond donors (Lipinski definition) is 1. The number of hydrogen-bond acceptors (Lipinski definition) is 4. The fourth-order valence-corrected chi connectivity index (χ4v) is 3.20. The molecule has 0 saturated carbocycles. The minimum Gasteiger partial charge on any atom is -0.494 e. The van der Waals surface area contributed by atoms with Crippen molar-refractivity contribution in [1.82, 2.24) is 0 Å². The lowest BCUT2D eigenvalue weighted by Crippen LogP contribution is -2.25. The van der Waals surface area contributed by atoms with Crippen molar-refractivity contribution in [2.24, 2.45) is 0 Å². The van der Waals surface area contributed by atoms with E-state index in [4.69, 9.17) is 25.8 Å². The van der Waals surface area contributed by atoms with Crippen molar-refractivity contribution in [2.75, 3.05) is 13.2 Å². The third-order valence-corrected chi connectivity index (χ3v) is 4.54. The van der Waals surface area contributed by atoms with Gasteiger partial charge in [0.05, 0.1) is 30.4 Å². The molecule has 1 saturated heterocycles. The molecule has 0 aliphatic carbocycles. The van der Waals surface area contributed by atoms with Crippen LogP contribution >= 0.6 is 11.6 Å². The Bertz CT molecular complexity index is 687. The summed E-state index contributed by atoms with van der Waals surface area (Å²) in [5, 5.41) is 9.83. The summed E-state index contributed by atoms with van der Waals surface area (Å²) >= 11 is 6.40. The van der Waals surface area contributed by atoms with Gasteiger partial charge < -0.3 is 19.3 Å². The molecule has 0 bridgehead atoms. The monoisotopic (exact) mass is 362 g/mol. The molecule has 1 heterocycles. The maximum Gasteiger partial charge on any atom is 0.146 e. The number of aliphatic hydroxyl groups excluding tert-OH is 1. The van der Waals surface area contributed by atoms with Gasteiger partial charge in [0, 0.05) is 0 Å². The molecule has 1 N–H and O–H groups in total. The van der Waals surface area contributed by atoms with Crippen molar-refractivity contribution < 1.29 is 19.3 Å². The van der Waals surface area contributed by atoms with Crippen molar-refractivity contribution in [3.8, 4) is 17.2 Å². The standard InChI is InChI=1S/C20H23ClO4/c1-2-23-15-7-9-16(10-8-15)24-20-11-6-14(12-18(20)21)19-5-3-4-17(13-22)25-19/h6-12,17,19,22H,2-5,13H2,1H3. The summed E-state index contributed by atoms with van der Waals surface area (Å²) in [4.78, 5) is 0. The van der Waals surface area contributed by atoms with Crippen LogP contribution in [0, 0.1) is 0 Å². The molecule has 1 aliphatic heterocycles. The molecule has 4 nitrogen and oxygen atoms in total. The van der Waals surface area contributed by atoms with Crippen LogP contribution in [0.15, 0.2) is 42.5 Å². The SMILES string of the molecule is CCOc1ccc(Oc2ccc(C3CCCC(CO)O3)cc2Cl)cc1. The van der Waals surface area contributed by atoms with Gasteiger partial charge in [-0.15, -0.1) is 0 Å². The van der Waals surface area contributed by atoms with E-state index in [1.165, 1.54) is 0 Å². The molecule has 2 unspecified atom stereocenters. The molecule has 25 heavy (non-hydrogen) atoms. The van der Waals surface area contributed by atoms with E-state index >= 15 is 0 Å². The molecule has 3 rings (SSSR count). The van der Waals surface area contributed by atoms with Crippen LogP contribution in [0.5, 0.6) is 17.2 Å². The van der Waals surface area contributed by atoms with Crippen molar-refractivity contribution in [3.63, 3.8) is 0 Å². The highest BCUT2D eigenvalue weighted by Gasteiger charge is 2.23. The first kappa shape index (κ1) is 18.1. The first-order valence-corrected chi connectivity index (χ1v) is 9.04. The number of halogens is 1. The quantitative estimate of drug-likeness (QED) is 0.773. The van der Waals surface area contributed by atoms with Gasteiger partial charge in [-0.25, -0.2) is 0 Å². The number of ether oxygens (including phenoxy) is 3. The molecular formula is C20H23ClO4. The van der Waals surface area contributed by atoms with Gasteiger partial charge in [-0.2, -0.15) is 0 Å². The lowest BCUT2D eigenvalue weighted by molar-refractivity contribution is -0.0737. The Labute approximate surface area is 153 Å². The first-order valence-electron chi connectivity index (χ1n) is 8.66. The largest absolute Gasteiger partial charge is 0.494 e. The Hall–Kier alpha value is -1.75. The van der Waals surface area contributed by atoms with E-state index in [0.717, 1.165) is 30.6 Å². The van der Waals surface area contributed by atoms with E-state index in [0.29, 0.717) is 23.1 Å². The fraction of sp³-hybridized carbons (Fsp3) is 0.400. The molecule has 2 aromatic carbocycles. The zero-order valence-corrected chi connectivity index (χ0v) is 15.0. The smallest absolute Gasteiger partial charge is 0.146 e. The molecule has 2 atom stereocenters. The average Bonchev–Trinajstić information content (AvgIpc) is 2.65. The van der Waals surface area contributed by atoms with Crippen LogP contribution in [0.25, 0.3) is 0 Å². The molecule has 1 fully saturated rings. The predicted molar refractivity (Wildman–Crippen MR) is 97.7 cm³/mol. The maximum absolute atomic E-state index is 9.29. The topological polar surface area (TPSA) is 47.9 Å². The summed E-state index contributed by atoms with van der Waals surface area (Å²) in [7, 11) is 0. The summed E-state index contributed by atoms with van der Waals surface area (Å²) in [6.07, 6.45) is 2.77. The van der Waals surface area contributed by atoms with Crippen molar-refractivity contribution in [2.45, 2.75) is 38.4 Å². The third-order valence-electron chi connectivity index (χ3n) is 4.24. The van der Waals surface area contributed by atoms with Crippen molar-refractivity contribution >= 4 is 11.6 Å². The number of benzene rings is 2. The first-order chi connectivity index (χ1) is 12.2. The second kappa shape index (κ2) is 8.56. The zero-order chi connectivity index (χ0) is 17.6. The van der Waals surface area contributed by atoms with Crippen LogP contribution in [-0.2, 0) is 4.74 Å². The van der Waals surface area contributed by atoms with E-state index in [9.17, 15) is 5.11 Å². The van der Waals surface area contributed by atoms with Crippen LogP contribution in [0.2, 0.25) is 5.02 Å². The lowest BCUT2D eigenvalue weighted by atomic mass is 9.98. The highest BCUT2D eigenvalue weighted by Crippen LogP contribution is 2.36. The summed E-state index contributed by atoms with van der Waals surface area (Å²) in [6, 6.07) is 13.2. The fourth-order valence-electron chi connectivity index (χ4n) is 2.98. The highest BCUT2D eigenvalue weighted by atomic mass is 35.5. The minimum absolute atomic E-state index is 0.0251. The molecule has 5 heteroatoms. The average molecular weight is 363 g/mol. The van der Waals surface area contributed by atoms with Gasteiger partial charge in [0.2, 0.25) is 0 Å². The third kappa shape index (κ3) is 4.66. The van der Waals surface area contributed by atoms with Crippen LogP contribution in [0.4, 0.5) is 0 Å². The Morgan fingerprint density at radius 2 is 1.88 bits per heavy atom. The highest BCUT2D eigenvalue weighted by molar-refractivity contribution is 6.32. The van der Waals surface area contributed by atoms with E-state index in [1.807, 2.05) is 49.4 Å². The lowest BCUT2D eigenvalue weighted by Gasteiger charge is -2.29. The van der Waals surface area contributed by atoms with E-state index in [2.05, 4.69) is 0 Å². The maximum atomic E-state index is 9.29. The molecular weight excluding hydrogens is 340 g/mol. The van der Waals surface area contributed by atoms with Gasteiger partial charge >= 0.3 is 0 Å². The van der Waals surface area contributed by atoms with Crippen molar-refractivity contribution in [3.05, 3.63) is 53.1 Å². The zero-order valence-electron chi connectivity index (χ0n) is 14.3. The van der Waals surface area contributed by atoms with Crippen LogP contribution in [0.3, 0.4) is 0 Å². The molecule has 2 aromatic rings. The van der Waals surface area contributed by atoms with E-state index in [1.54, 1.807) is 0 Å². The molecule has 0 spiro atoms. The second-order valence-electron chi connectivity index (χ2n) is 6.06. The minimum atomic E-state index is -0.0858. The molecule has 134 valence electrons. The van der Waals surface area contributed by atoms with Crippen LogP contribution < -0.4 is 9.47 Å². The van der Waals surface area contributed by atoms with Crippen LogP contribution in [0.1, 0.15) is 37.9 Å². The van der Waals surface area contributed by atoms with Gasteiger partial charge in [-0.1, -0.05) is 17.7 Å². The van der Waals surface area contributed by atoms with Gasteiger partial charge in [0.25, 0.3) is 0 Å².